The highest BCUT2D eigenvalue weighted by molar-refractivity contribution is 6.32. The Morgan fingerprint density at radius 1 is 1.09 bits per heavy atom. The number of carbonyl (C=O) groups excluding carboxylic acids is 1. The lowest BCUT2D eigenvalue weighted by atomic mass is 10.1. The molecule has 4 aromatic rings. The Bertz CT molecular complexity index is 1350. The Hall–Kier alpha value is -3.66. The van der Waals surface area contributed by atoms with E-state index in [0.717, 1.165) is 4.52 Å². The van der Waals surface area contributed by atoms with Gasteiger partial charge < -0.3 is 10.1 Å². The van der Waals surface area contributed by atoms with E-state index in [2.05, 4.69) is 20.4 Å². The van der Waals surface area contributed by atoms with E-state index in [1.54, 1.807) is 56.3 Å². The summed E-state index contributed by atoms with van der Waals surface area (Å²) in [5.74, 6) is -0.558. The van der Waals surface area contributed by atoms with Crippen molar-refractivity contribution in [3.05, 3.63) is 76.3 Å². The molecule has 0 atom stereocenters. The second-order valence-electron chi connectivity index (χ2n) is 7.51. The molecule has 0 fully saturated rings. The molecule has 0 aliphatic carbocycles. The van der Waals surface area contributed by atoms with Crippen molar-refractivity contribution in [3.63, 3.8) is 0 Å². The normalized spacial score (nSPS) is 11.6. The van der Waals surface area contributed by atoms with Gasteiger partial charge in [-0.05, 0) is 62.2 Å². The summed E-state index contributed by atoms with van der Waals surface area (Å²) in [7, 11) is 0. The number of nitrogens with one attached hydrogen (secondary N) is 1. The predicted molar refractivity (Wildman–Crippen MR) is 120 cm³/mol. The lowest BCUT2D eigenvalue weighted by Crippen LogP contribution is -2.14. The van der Waals surface area contributed by atoms with Crippen LogP contribution in [0.15, 0.2) is 48.5 Å². The standard InChI is InChI=1S/C23H19ClF3N5O2/c1-13-17(14(2)32-22(28-13)30-21(31-32)23(25,26)27)11-12-20(33)29-15-7-9-16(10-8-15)34-19-6-4-3-5-18(19)24/h3-10H,11-12H2,1-2H3,(H,29,33). The lowest BCUT2D eigenvalue weighted by molar-refractivity contribution is -0.144. The summed E-state index contributed by atoms with van der Waals surface area (Å²) in [5.41, 5.74) is 2.17. The van der Waals surface area contributed by atoms with Crippen LogP contribution in [0.2, 0.25) is 5.02 Å². The minimum Gasteiger partial charge on any atom is -0.456 e. The van der Waals surface area contributed by atoms with Gasteiger partial charge in [-0.1, -0.05) is 23.7 Å². The van der Waals surface area contributed by atoms with Crippen LogP contribution in [0.5, 0.6) is 11.5 Å². The minimum atomic E-state index is -4.66. The van der Waals surface area contributed by atoms with Gasteiger partial charge >= 0.3 is 6.18 Å². The molecule has 1 amide bonds. The topological polar surface area (TPSA) is 81.4 Å². The van der Waals surface area contributed by atoms with Crippen molar-refractivity contribution in [2.45, 2.75) is 32.9 Å². The van der Waals surface area contributed by atoms with Crippen LogP contribution in [0.1, 0.15) is 29.2 Å². The van der Waals surface area contributed by atoms with Crippen LogP contribution in [0.3, 0.4) is 0 Å². The monoisotopic (exact) mass is 489 g/mol. The molecule has 0 unspecified atom stereocenters. The number of nitrogens with zero attached hydrogens (tertiary/aromatic N) is 4. The number of carbonyl (C=O) groups is 1. The molecule has 0 aliphatic rings. The summed E-state index contributed by atoms with van der Waals surface area (Å²) >= 11 is 6.09. The average molecular weight is 490 g/mol. The van der Waals surface area contributed by atoms with E-state index in [0.29, 0.717) is 39.2 Å². The highest BCUT2D eigenvalue weighted by Crippen LogP contribution is 2.30. The zero-order valence-corrected chi connectivity index (χ0v) is 18.9. The van der Waals surface area contributed by atoms with Crippen LogP contribution >= 0.6 is 11.6 Å². The first-order valence-corrected chi connectivity index (χ1v) is 10.6. The van der Waals surface area contributed by atoms with Crippen molar-refractivity contribution in [2.75, 3.05) is 5.32 Å². The number of rotatable bonds is 6. The van der Waals surface area contributed by atoms with E-state index in [4.69, 9.17) is 16.3 Å². The quantitative estimate of drug-likeness (QED) is 0.371. The molecule has 0 bridgehead atoms. The first kappa shape index (κ1) is 23.5. The van der Waals surface area contributed by atoms with Crippen LogP contribution in [0.25, 0.3) is 5.78 Å². The Kier molecular flexibility index (Phi) is 6.43. The number of aromatic nitrogens is 4. The molecule has 7 nitrogen and oxygen atoms in total. The van der Waals surface area contributed by atoms with E-state index in [-0.39, 0.29) is 24.5 Å². The molecule has 2 heterocycles. The first-order valence-electron chi connectivity index (χ1n) is 10.2. The van der Waals surface area contributed by atoms with Gasteiger partial charge in [0.2, 0.25) is 5.91 Å². The molecule has 1 N–H and O–H groups in total. The third-order valence-electron chi connectivity index (χ3n) is 5.11. The van der Waals surface area contributed by atoms with Gasteiger partial charge in [0.25, 0.3) is 11.6 Å². The molecule has 0 saturated heterocycles. The summed E-state index contributed by atoms with van der Waals surface area (Å²) in [4.78, 5) is 20.0. The van der Waals surface area contributed by atoms with Crippen LogP contribution in [-0.2, 0) is 17.4 Å². The molecule has 2 aromatic heterocycles. The number of ether oxygens (including phenoxy) is 1. The van der Waals surface area contributed by atoms with Crippen LogP contribution in [0, 0.1) is 13.8 Å². The van der Waals surface area contributed by atoms with E-state index in [1.165, 1.54) is 0 Å². The highest BCUT2D eigenvalue weighted by Gasteiger charge is 2.37. The third-order valence-corrected chi connectivity index (χ3v) is 5.42. The smallest absolute Gasteiger partial charge is 0.453 e. The van der Waals surface area contributed by atoms with Crippen molar-refractivity contribution in [1.29, 1.82) is 0 Å². The molecule has 34 heavy (non-hydrogen) atoms. The van der Waals surface area contributed by atoms with E-state index >= 15 is 0 Å². The molecule has 11 heteroatoms. The summed E-state index contributed by atoms with van der Waals surface area (Å²) in [5, 5.41) is 6.80. The fourth-order valence-electron chi connectivity index (χ4n) is 3.41. The van der Waals surface area contributed by atoms with Gasteiger partial charge in [-0.15, -0.1) is 5.10 Å². The Balaban J connectivity index is 1.40. The molecule has 0 aliphatic heterocycles. The number of fused-ring (bicyclic) bond motifs is 1. The Morgan fingerprint density at radius 2 is 1.79 bits per heavy atom. The summed E-state index contributed by atoms with van der Waals surface area (Å²) in [6, 6.07) is 13.9. The summed E-state index contributed by atoms with van der Waals surface area (Å²) in [6.45, 7) is 3.29. The largest absolute Gasteiger partial charge is 0.456 e. The van der Waals surface area contributed by atoms with Gasteiger partial charge in [0, 0.05) is 23.5 Å². The molecule has 0 spiro atoms. The zero-order valence-electron chi connectivity index (χ0n) is 18.2. The first-order chi connectivity index (χ1) is 16.1. The van der Waals surface area contributed by atoms with Gasteiger partial charge in [0.05, 0.1) is 5.02 Å². The van der Waals surface area contributed by atoms with Crippen LogP contribution in [0.4, 0.5) is 18.9 Å². The number of amides is 1. The molecule has 4 rings (SSSR count). The maximum Gasteiger partial charge on any atom is 0.453 e. The SMILES string of the molecule is Cc1nc2nc(C(F)(F)F)nn2c(C)c1CCC(=O)Nc1ccc(Oc2ccccc2Cl)cc1. The van der Waals surface area contributed by atoms with Gasteiger partial charge in [0.1, 0.15) is 11.5 Å². The van der Waals surface area contributed by atoms with Crippen molar-refractivity contribution in [3.8, 4) is 11.5 Å². The number of para-hydroxylation sites is 1. The Labute approximate surface area is 197 Å². The highest BCUT2D eigenvalue weighted by atomic mass is 35.5. The molecule has 0 radical (unpaired) electrons. The number of anilines is 1. The van der Waals surface area contributed by atoms with Gasteiger partial charge in [-0.25, -0.2) is 9.50 Å². The van der Waals surface area contributed by atoms with Crippen molar-refractivity contribution >= 4 is 29.0 Å². The molecule has 2 aromatic carbocycles. The average Bonchev–Trinajstić information content (AvgIpc) is 3.21. The lowest BCUT2D eigenvalue weighted by Gasteiger charge is -2.11. The number of aryl methyl sites for hydroxylation is 2. The number of hydrogen-bond donors (Lipinski definition) is 1. The fraction of sp³-hybridized carbons (Fsp3) is 0.217. The summed E-state index contributed by atoms with van der Waals surface area (Å²) < 4.78 is 45.6. The minimum absolute atomic E-state index is 0.105. The summed E-state index contributed by atoms with van der Waals surface area (Å²) in [6.07, 6.45) is -4.28. The Morgan fingerprint density at radius 3 is 2.47 bits per heavy atom. The second-order valence-corrected chi connectivity index (χ2v) is 7.92. The van der Waals surface area contributed by atoms with Gasteiger partial charge in [0.15, 0.2) is 0 Å². The van der Waals surface area contributed by atoms with Gasteiger partial charge in [-0.3, -0.25) is 4.79 Å². The third kappa shape index (κ3) is 5.12. The molecular formula is C23H19ClF3N5O2. The number of hydrogen-bond acceptors (Lipinski definition) is 5. The van der Waals surface area contributed by atoms with Crippen LogP contribution < -0.4 is 10.1 Å². The van der Waals surface area contributed by atoms with E-state index in [9.17, 15) is 18.0 Å². The van der Waals surface area contributed by atoms with Crippen molar-refractivity contribution in [2.24, 2.45) is 0 Å². The van der Waals surface area contributed by atoms with Crippen molar-refractivity contribution < 1.29 is 22.7 Å². The van der Waals surface area contributed by atoms with Crippen LogP contribution in [-0.4, -0.2) is 25.5 Å². The fourth-order valence-corrected chi connectivity index (χ4v) is 3.59. The van der Waals surface area contributed by atoms with Crippen molar-refractivity contribution in [1.82, 2.24) is 19.6 Å². The number of alkyl halides is 3. The molecule has 0 saturated carbocycles. The maximum absolute atomic E-state index is 12.9. The number of halogens is 4. The van der Waals surface area contributed by atoms with E-state index < -0.39 is 12.0 Å². The number of benzene rings is 2. The molecular weight excluding hydrogens is 471 g/mol. The second kappa shape index (κ2) is 9.30. The molecule has 176 valence electrons. The zero-order chi connectivity index (χ0) is 24.5. The van der Waals surface area contributed by atoms with Gasteiger partial charge in [-0.2, -0.15) is 18.2 Å². The predicted octanol–water partition coefficient (Wildman–Crippen LogP) is 5.78. The van der Waals surface area contributed by atoms with E-state index in [1.807, 2.05) is 6.07 Å². The maximum atomic E-state index is 12.9.